The largest absolute Gasteiger partial charge is 0.492 e. The molecule has 0 heterocycles. The van der Waals surface area contributed by atoms with Crippen LogP contribution in [0.5, 0.6) is 5.75 Å². The van der Waals surface area contributed by atoms with E-state index < -0.39 is 10.2 Å². The van der Waals surface area contributed by atoms with Crippen molar-refractivity contribution in [3.8, 4) is 5.75 Å². The second-order valence-corrected chi connectivity index (χ2v) is 6.39. The van der Waals surface area contributed by atoms with Crippen molar-refractivity contribution in [3.05, 3.63) is 29.8 Å². The number of nitrogens with two attached hydrogens (primary N) is 1. The van der Waals surface area contributed by atoms with E-state index in [2.05, 4.69) is 4.72 Å². The number of nitrogens with zero attached hydrogens (tertiary/aromatic N) is 1. The number of aryl methyl sites for hydroxylation is 1. The van der Waals surface area contributed by atoms with Gasteiger partial charge in [0.15, 0.2) is 0 Å². The highest BCUT2D eigenvalue weighted by Gasteiger charge is 2.15. The van der Waals surface area contributed by atoms with Gasteiger partial charge < -0.3 is 10.5 Å². The molecule has 0 saturated carbocycles. The average Bonchev–Trinajstić information content (AvgIpc) is 2.41. The Labute approximate surface area is 121 Å². The summed E-state index contributed by atoms with van der Waals surface area (Å²) in [4.78, 5) is 0. The highest BCUT2D eigenvalue weighted by molar-refractivity contribution is 7.87. The molecule has 0 amide bonds. The first-order valence-electron chi connectivity index (χ1n) is 6.56. The standard InChI is InChI=1S/C13H23N3O3S/c1-12-5-3-6-13(11-12)19-10-8-15-20(17,18)16(2)9-4-7-14/h3,5-6,11,15H,4,7-10,14H2,1-2H3. The maximum atomic E-state index is 11.8. The Morgan fingerprint density at radius 1 is 1.40 bits per heavy atom. The predicted octanol–water partition coefficient (Wildman–Crippen LogP) is 0.489. The van der Waals surface area contributed by atoms with E-state index in [0.717, 1.165) is 11.3 Å². The highest BCUT2D eigenvalue weighted by Crippen LogP contribution is 2.11. The molecular weight excluding hydrogens is 278 g/mol. The molecule has 7 heteroatoms. The first-order chi connectivity index (χ1) is 9.45. The minimum atomic E-state index is -3.45. The lowest BCUT2D eigenvalue weighted by atomic mass is 10.2. The van der Waals surface area contributed by atoms with Gasteiger partial charge in [-0.05, 0) is 37.6 Å². The quantitative estimate of drug-likeness (QED) is 0.650. The van der Waals surface area contributed by atoms with Gasteiger partial charge in [0.1, 0.15) is 12.4 Å². The van der Waals surface area contributed by atoms with E-state index in [0.29, 0.717) is 19.5 Å². The van der Waals surface area contributed by atoms with Gasteiger partial charge in [0.25, 0.3) is 10.2 Å². The molecule has 20 heavy (non-hydrogen) atoms. The second-order valence-electron chi connectivity index (χ2n) is 4.53. The fourth-order valence-electron chi connectivity index (χ4n) is 1.59. The van der Waals surface area contributed by atoms with Gasteiger partial charge in [-0.25, -0.2) is 0 Å². The summed E-state index contributed by atoms with van der Waals surface area (Å²) >= 11 is 0. The number of nitrogens with one attached hydrogen (secondary N) is 1. The van der Waals surface area contributed by atoms with Gasteiger partial charge >= 0.3 is 0 Å². The summed E-state index contributed by atoms with van der Waals surface area (Å²) in [6.45, 7) is 3.36. The second kappa shape index (κ2) is 8.21. The van der Waals surface area contributed by atoms with Gasteiger partial charge in [0, 0.05) is 20.1 Å². The fourth-order valence-corrected chi connectivity index (χ4v) is 2.52. The number of ether oxygens (including phenoxy) is 1. The maximum absolute atomic E-state index is 11.8. The monoisotopic (exact) mass is 301 g/mol. The van der Waals surface area contributed by atoms with Crippen LogP contribution in [0.1, 0.15) is 12.0 Å². The number of benzene rings is 1. The van der Waals surface area contributed by atoms with Crippen LogP contribution in [0, 0.1) is 6.92 Å². The third-order valence-electron chi connectivity index (χ3n) is 2.73. The molecule has 0 fully saturated rings. The molecular formula is C13H23N3O3S. The minimum Gasteiger partial charge on any atom is -0.492 e. The molecule has 1 rings (SSSR count). The predicted molar refractivity (Wildman–Crippen MR) is 79.9 cm³/mol. The summed E-state index contributed by atoms with van der Waals surface area (Å²) in [6, 6.07) is 7.62. The van der Waals surface area contributed by atoms with Gasteiger partial charge in [-0.2, -0.15) is 17.4 Å². The Morgan fingerprint density at radius 2 is 2.15 bits per heavy atom. The van der Waals surface area contributed by atoms with Gasteiger partial charge in [0.05, 0.1) is 0 Å². The molecule has 114 valence electrons. The zero-order valence-corrected chi connectivity index (χ0v) is 12.8. The van der Waals surface area contributed by atoms with Crippen molar-refractivity contribution < 1.29 is 13.2 Å². The van der Waals surface area contributed by atoms with E-state index in [1.54, 1.807) is 0 Å². The summed E-state index contributed by atoms with van der Waals surface area (Å²) in [7, 11) is -1.92. The van der Waals surface area contributed by atoms with Crippen LogP contribution in [0.3, 0.4) is 0 Å². The summed E-state index contributed by atoms with van der Waals surface area (Å²) in [5.74, 6) is 0.737. The van der Waals surface area contributed by atoms with E-state index in [4.69, 9.17) is 10.5 Å². The summed E-state index contributed by atoms with van der Waals surface area (Å²) in [5.41, 5.74) is 6.46. The van der Waals surface area contributed by atoms with Crippen LogP contribution >= 0.6 is 0 Å². The molecule has 6 nitrogen and oxygen atoms in total. The fraction of sp³-hybridized carbons (Fsp3) is 0.538. The molecule has 3 N–H and O–H groups in total. The molecule has 1 aromatic carbocycles. The third kappa shape index (κ3) is 5.87. The normalized spacial score (nSPS) is 11.8. The van der Waals surface area contributed by atoms with Crippen molar-refractivity contribution in [2.75, 3.05) is 33.3 Å². The summed E-state index contributed by atoms with van der Waals surface area (Å²) in [5, 5.41) is 0. The highest BCUT2D eigenvalue weighted by atomic mass is 32.2. The van der Waals surface area contributed by atoms with Crippen LogP contribution in [0.4, 0.5) is 0 Å². The third-order valence-corrected chi connectivity index (χ3v) is 4.30. The van der Waals surface area contributed by atoms with Crippen molar-refractivity contribution in [3.63, 3.8) is 0 Å². The lowest BCUT2D eigenvalue weighted by Crippen LogP contribution is -2.40. The molecule has 0 atom stereocenters. The van der Waals surface area contributed by atoms with Crippen LogP contribution in [0.25, 0.3) is 0 Å². The Balaban J connectivity index is 2.33. The van der Waals surface area contributed by atoms with Crippen LogP contribution in [-0.4, -0.2) is 46.0 Å². The Morgan fingerprint density at radius 3 is 2.80 bits per heavy atom. The zero-order chi connectivity index (χ0) is 15.0. The molecule has 0 radical (unpaired) electrons. The average molecular weight is 301 g/mol. The van der Waals surface area contributed by atoms with Crippen molar-refractivity contribution >= 4 is 10.2 Å². The van der Waals surface area contributed by atoms with Gasteiger partial charge in [-0.3, -0.25) is 0 Å². The van der Waals surface area contributed by atoms with Crippen LogP contribution in [0.15, 0.2) is 24.3 Å². The van der Waals surface area contributed by atoms with Gasteiger partial charge in [0.2, 0.25) is 0 Å². The maximum Gasteiger partial charge on any atom is 0.279 e. The molecule has 1 aromatic rings. The van der Waals surface area contributed by atoms with E-state index >= 15 is 0 Å². The van der Waals surface area contributed by atoms with Crippen LogP contribution in [-0.2, 0) is 10.2 Å². The first kappa shape index (κ1) is 16.9. The number of hydrogen-bond acceptors (Lipinski definition) is 4. The number of rotatable bonds is 9. The minimum absolute atomic E-state index is 0.225. The zero-order valence-electron chi connectivity index (χ0n) is 12.0. The van der Waals surface area contributed by atoms with Crippen molar-refractivity contribution in [1.29, 1.82) is 0 Å². The van der Waals surface area contributed by atoms with Crippen LogP contribution < -0.4 is 15.2 Å². The molecule has 0 aliphatic rings. The Bertz CT molecular complexity index is 505. The van der Waals surface area contributed by atoms with E-state index in [1.807, 2.05) is 31.2 Å². The molecule has 0 saturated heterocycles. The van der Waals surface area contributed by atoms with Crippen LogP contribution in [0.2, 0.25) is 0 Å². The number of hydrogen-bond donors (Lipinski definition) is 2. The Hall–Kier alpha value is -1.15. The summed E-state index contributed by atoms with van der Waals surface area (Å²) < 4.78 is 32.9. The SMILES string of the molecule is Cc1cccc(OCCNS(=O)(=O)N(C)CCCN)c1. The van der Waals surface area contributed by atoms with Gasteiger partial charge in [-0.1, -0.05) is 12.1 Å². The summed E-state index contributed by atoms with van der Waals surface area (Å²) in [6.07, 6.45) is 0.636. The van der Waals surface area contributed by atoms with Crippen molar-refractivity contribution in [2.24, 2.45) is 5.73 Å². The van der Waals surface area contributed by atoms with E-state index in [9.17, 15) is 8.42 Å². The molecule has 0 spiro atoms. The van der Waals surface area contributed by atoms with Crippen molar-refractivity contribution in [2.45, 2.75) is 13.3 Å². The topological polar surface area (TPSA) is 84.7 Å². The molecule has 0 aliphatic heterocycles. The molecule has 0 aromatic heterocycles. The first-order valence-corrected chi connectivity index (χ1v) is 8.00. The van der Waals surface area contributed by atoms with Crippen molar-refractivity contribution in [1.82, 2.24) is 9.03 Å². The Kier molecular flexibility index (Phi) is 6.94. The molecule has 0 bridgehead atoms. The molecule has 0 unspecified atom stereocenters. The van der Waals surface area contributed by atoms with E-state index in [1.165, 1.54) is 11.4 Å². The van der Waals surface area contributed by atoms with E-state index in [-0.39, 0.29) is 13.2 Å². The van der Waals surface area contributed by atoms with Gasteiger partial charge in [-0.15, -0.1) is 0 Å². The molecule has 0 aliphatic carbocycles. The smallest absolute Gasteiger partial charge is 0.279 e. The lowest BCUT2D eigenvalue weighted by molar-refractivity contribution is 0.320. The lowest BCUT2D eigenvalue weighted by Gasteiger charge is -2.17.